The highest BCUT2D eigenvalue weighted by molar-refractivity contribution is 5.93. The lowest BCUT2D eigenvalue weighted by molar-refractivity contribution is 0.0233. The number of hydroxylamine groups is 1. The first kappa shape index (κ1) is 12.8. The fraction of sp³-hybridized carbons (Fsp3) is 0.0667. The van der Waals surface area contributed by atoms with E-state index in [4.69, 9.17) is 10.1 Å². The Bertz CT molecular complexity index is 586. The quantitative estimate of drug-likeness (QED) is 0.850. The molecule has 0 saturated heterocycles. The molecule has 1 amide bonds. The molecule has 0 bridgehead atoms. The average Bonchev–Trinajstić information content (AvgIpc) is 2.48. The van der Waals surface area contributed by atoms with Gasteiger partial charge in [-0.05, 0) is 29.8 Å². The molecule has 4 heteroatoms. The summed E-state index contributed by atoms with van der Waals surface area (Å²) in [6.45, 7) is 0.308. The molecule has 0 radical (unpaired) electrons. The molecule has 0 aliphatic carbocycles. The molecule has 94 valence electrons. The molecule has 0 heterocycles. The van der Waals surface area contributed by atoms with Crippen LogP contribution in [-0.4, -0.2) is 5.91 Å². The molecule has 0 aliphatic heterocycles. The number of nitrogens with one attached hydrogen (secondary N) is 1. The molecule has 0 fully saturated rings. The van der Waals surface area contributed by atoms with E-state index in [1.54, 1.807) is 24.3 Å². The predicted octanol–water partition coefficient (Wildman–Crippen LogP) is 2.42. The summed E-state index contributed by atoms with van der Waals surface area (Å²) in [5.74, 6) is -0.333. The maximum Gasteiger partial charge on any atom is 0.274 e. The zero-order chi connectivity index (χ0) is 13.5. The van der Waals surface area contributed by atoms with Crippen LogP contribution in [0.4, 0.5) is 0 Å². The summed E-state index contributed by atoms with van der Waals surface area (Å²) in [5.41, 5.74) is 4.30. The molecule has 0 aliphatic rings. The van der Waals surface area contributed by atoms with Crippen LogP contribution in [0, 0.1) is 11.3 Å². The lowest BCUT2D eigenvalue weighted by Crippen LogP contribution is -2.23. The lowest BCUT2D eigenvalue weighted by atomic mass is 10.1. The van der Waals surface area contributed by atoms with Gasteiger partial charge in [0, 0.05) is 5.56 Å². The summed E-state index contributed by atoms with van der Waals surface area (Å²) in [7, 11) is 0. The Labute approximate surface area is 111 Å². The molecule has 0 spiro atoms. The van der Waals surface area contributed by atoms with Crippen LogP contribution in [0.3, 0.4) is 0 Å². The molecular weight excluding hydrogens is 240 g/mol. The van der Waals surface area contributed by atoms with Crippen molar-refractivity contribution >= 4 is 5.91 Å². The molecule has 19 heavy (non-hydrogen) atoms. The van der Waals surface area contributed by atoms with Gasteiger partial charge in [-0.25, -0.2) is 5.48 Å². The molecule has 4 nitrogen and oxygen atoms in total. The number of hydrogen-bond donors (Lipinski definition) is 1. The van der Waals surface area contributed by atoms with Gasteiger partial charge in [-0.1, -0.05) is 30.3 Å². The summed E-state index contributed by atoms with van der Waals surface area (Å²) in [6.07, 6.45) is 0. The SMILES string of the molecule is N#Cc1ccc(C(=O)NOCc2ccccc2)cc1. The molecule has 0 atom stereocenters. The number of benzene rings is 2. The smallest absolute Gasteiger partial charge is 0.269 e. The highest BCUT2D eigenvalue weighted by atomic mass is 16.6. The standard InChI is InChI=1S/C15H12N2O2/c16-10-12-6-8-14(9-7-12)15(18)17-19-11-13-4-2-1-3-5-13/h1-9H,11H2,(H,17,18). The van der Waals surface area contributed by atoms with Gasteiger partial charge in [0.05, 0.1) is 18.2 Å². The number of nitriles is 1. The van der Waals surface area contributed by atoms with E-state index in [0.717, 1.165) is 5.56 Å². The Morgan fingerprint density at radius 2 is 1.79 bits per heavy atom. The maximum absolute atomic E-state index is 11.7. The van der Waals surface area contributed by atoms with Crippen molar-refractivity contribution in [3.05, 3.63) is 71.3 Å². The minimum atomic E-state index is -0.333. The summed E-state index contributed by atoms with van der Waals surface area (Å²) in [6, 6.07) is 17.9. The van der Waals surface area contributed by atoms with Crippen molar-refractivity contribution in [3.63, 3.8) is 0 Å². The van der Waals surface area contributed by atoms with Crippen LogP contribution in [0.25, 0.3) is 0 Å². The van der Waals surface area contributed by atoms with E-state index in [0.29, 0.717) is 17.7 Å². The third-order valence-corrected chi connectivity index (χ3v) is 2.52. The van der Waals surface area contributed by atoms with Crippen LogP contribution in [0.5, 0.6) is 0 Å². The van der Waals surface area contributed by atoms with Crippen LogP contribution < -0.4 is 5.48 Å². The average molecular weight is 252 g/mol. The summed E-state index contributed by atoms with van der Waals surface area (Å²) in [5, 5.41) is 8.66. The van der Waals surface area contributed by atoms with E-state index in [2.05, 4.69) is 5.48 Å². The van der Waals surface area contributed by atoms with Crippen LogP contribution in [-0.2, 0) is 11.4 Å². The fourth-order valence-corrected chi connectivity index (χ4v) is 1.51. The normalized spacial score (nSPS) is 9.63. The molecule has 2 aromatic carbocycles. The first-order valence-corrected chi connectivity index (χ1v) is 5.76. The van der Waals surface area contributed by atoms with Gasteiger partial charge >= 0.3 is 0 Å². The van der Waals surface area contributed by atoms with Crippen LogP contribution >= 0.6 is 0 Å². The molecular formula is C15H12N2O2. The molecule has 1 N–H and O–H groups in total. The number of rotatable bonds is 4. The highest BCUT2D eigenvalue weighted by Crippen LogP contribution is 2.04. The summed E-state index contributed by atoms with van der Waals surface area (Å²) < 4.78 is 0. The van der Waals surface area contributed by atoms with E-state index >= 15 is 0 Å². The van der Waals surface area contributed by atoms with Crippen molar-refractivity contribution in [2.45, 2.75) is 6.61 Å². The van der Waals surface area contributed by atoms with Gasteiger partial charge in [0.15, 0.2) is 0 Å². The number of carbonyl (C=O) groups is 1. The Kier molecular flexibility index (Phi) is 4.27. The van der Waals surface area contributed by atoms with Crippen molar-refractivity contribution in [3.8, 4) is 6.07 Å². The first-order valence-electron chi connectivity index (χ1n) is 5.76. The van der Waals surface area contributed by atoms with Crippen molar-refractivity contribution in [2.24, 2.45) is 0 Å². The number of carbonyl (C=O) groups excluding carboxylic acids is 1. The zero-order valence-corrected chi connectivity index (χ0v) is 10.2. The molecule has 0 aromatic heterocycles. The Morgan fingerprint density at radius 3 is 2.42 bits per heavy atom. The van der Waals surface area contributed by atoms with E-state index < -0.39 is 0 Å². The highest BCUT2D eigenvalue weighted by Gasteiger charge is 2.05. The largest absolute Gasteiger partial charge is 0.274 e. The Balaban J connectivity index is 1.86. The molecule has 0 unspecified atom stereocenters. The minimum Gasteiger partial charge on any atom is -0.269 e. The second-order valence-electron chi connectivity index (χ2n) is 3.89. The van der Waals surface area contributed by atoms with E-state index in [1.165, 1.54) is 0 Å². The maximum atomic E-state index is 11.7. The monoisotopic (exact) mass is 252 g/mol. The number of hydrogen-bond acceptors (Lipinski definition) is 3. The van der Waals surface area contributed by atoms with Crippen molar-refractivity contribution in [1.82, 2.24) is 5.48 Å². The third kappa shape index (κ3) is 3.66. The van der Waals surface area contributed by atoms with Crippen LogP contribution in [0.15, 0.2) is 54.6 Å². The van der Waals surface area contributed by atoms with E-state index in [9.17, 15) is 4.79 Å². The van der Waals surface area contributed by atoms with E-state index in [-0.39, 0.29) is 5.91 Å². The van der Waals surface area contributed by atoms with Gasteiger partial charge < -0.3 is 0 Å². The lowest BCUT2D eigenvalue weighted by Gasteiger charge is -2.06. The second-order valence-corrected chi connectivity index (χ2v) is 3.89. The molecule has 0 saturated carbocycles. The van der Waals surface area contributed by atoms with Crippen LogP contribution in [0.2, 0.25) is 0 Å². The van der Waals surface area contributed by atoms with Gasteiger partial charge in [0.25, 0.3) is 5.91 Å². The number of nitrogens with zero attached hydrogens (tertiary/aromatic N) is 1. The predicted molar refractivity (Wildman–Crippen MR) is 69.9 cm³/mol. The van der Waals surface area contributed by atoms with Gasteiger partial charge in [-0.2, -0.15) is 5.26 Å². The van der Waals surface area contributed by atoms with Gasteiger partial charge in [0.1, 0.15) is 0 Å². The fourth-order valence-electron chi connectivity index (χ4n) is 1.51. The summed E-state index contributed by atoms with van der Waals surface area (Å²) in [4.78, 5) is 16.8. The number of amides is 1. The van der Waals surface area contributed by atoms with E-state index in [1.807, 2.05) is 36.4 Å². The summed E-state index contributed by atoms with van der Waals surface area (Å²) >= 11 is 0. The molecule has 2 aromatic rings. The Morgan fingerprint density at radius 1 is 1.11 bits per heavy atom. The topological polar surface area (TPSA) is 62.1 Å². The first-order chi connectivity index (χ1) is 9.29. The van der Waals surface area contributed by atoms with Gasteiger partial charge in [0.2, 0.25) is 0 Å². The molecule has 2 rings (SSSR count). The van der Waals surface area contributed by atoms with Crippen molar-refractivity contribution < 1.29 is 9.63 Å². The minimum absolute atomic E-state index is 0.308. The van der Waals surface area contributed by atoms with Crippen molar-refractivity contribution in [2.75, 3.05) is 0 Å². The second kappa shape index (κ2) is 6.34. The Hall–Kier alpha value is -2.64. The third-order valence-electron chi connectivity index (χ3n) is 2.52. The van der Waals surface area contributed by atoms with Gasteiger partial charge in [-0.15, -0.1) is 0 Å². The van der Waals surface area contributed by atoms with Crippen molar-refractivity contribution in [1.29, 1.82) is 5.26 Å². The van der Waals surface area contributed by atoms with Gasteiger partial charge in [-0.3, -0.25) is 9.63 Å². The van der Waals surface area contributed by atoms with Crippen LogP contribution in [0.1, 0.15) is 21.5 Å². The zero-order valence-electron chi connectivity index (χ0n) is 10.2.